The number of allylic oxidation sites excluding steroid dienone is 2. The largest absolute Gasteiger partial charge is 0.495 e. The molecule has 0 bridgehead atoms. The van der Waals surface area contributed by atoms with Gasteiger partial charge in [-0.1, -0.05) is 115 Å². The van der Waals surface area contributed by atoms with Crippen LogP contribution < -0.4 is 34.9 Å². The minimum absolute atomic E-state index is 0.138. The highest BCUT2D eigenvalue weighted by atomic mass is 35.5. The smallest absolute Gasteiger partial charge is 0.332 e. The Morgan fingerprint density at radius 1 is 0.648 bits per heavy atom. The highest BCUT2D eigenvalue weighted by Crippen LogP contribution is 2.48. The Labute approximate surface area is 635 Å². The molecule has 0 radical (unpaired) electrons. The number of amides is 3. The SMILES string of the molecule is C=CCCCCCC(C)(C)C(=O)N1C[C@H](Oc2cc(-c3nc(C(C)C)cs3)nc3c(Cl)c(OC)ccc23)C[C@H]1C(=O)N[C@]1(C(=O)OCC)C[C@H]1C=C.C=CCCCCCC(C)(C)C(=O)O.C=C[C@@H]1C[C@]1(NC(=O)[C@@H]1C[C@@H](Oc2cc(-c3nc(C(C)C)cs3)nc3c(Cl)c(OC)ccc23)CN1)C(=O)OCC. The zero-order valence-electron chi connectivity index (χ0n) is 62.8. The van der Waals surface area contributed by atoms with Crippen molar-refractivity contribution in [1.82, 2.24) is 40.8 Å². The number of methoxy groups -OCH3 is 2. The molecule has 3 amide bonds. The Morgan fingerprint density at radius 2 is 1.10 bits per heavy atom. The van der Waals surface area contributed by atoms with Gasteiger partial charge in [-0.3, -0.25) is 19.2 Å². The minimum atomic E-state index is -1.20. The van der Waals surface area contributed by atoms with E-state index in [1.807, 2.05) is 61.0 Å². The molecule has 2 aliphatic heterocycles. The monoisotopic (exact) mass is 1520 g/mol. The molecule has 4 aromatic heterocycles. The fraction of sp³-hybridized carbons (Fsp3) is 0.525. The maximum Gasteiger partial charge on any atom is 0.332 e. The van der Waals surface area contributed by atoms with E-state index >= 15 is 0 Å². The van der Waals surface area contributed by atoms with Crippen molar-refractivity contribution < 1.29 is 62.3 Å². The average Bonchev–Trinajstić information content (AvgIpc) is 1.60. The van der Waals surface area contributed by atoms with Crippen molar-refractivity contribution in [2.75, 3.05) is 40.5 Å². The van der Waals surface area contributed by atoms with Crippen molar-refractivity contribution in [3.05, 3.63) is 119 Å². The van der Waals surface area contributed by atoms with E-state index in [1.165, 1.54) is 22.7 Å². The summed E-state index contributed by atoms with van der Waals surface area (Å²) < 4.78 is 34.7. The number of carbonyl (C=O) groups is 6. The number of aliphatic carboxylic acids is 1. The number of hydrogen-bond acceptors (Lipinski definition) is 19. The molecule has 6 aromatic rings. The number of thiazole rings is 2. The van der Waals surface area contributed by atoms with Crippen LogP contribution in [0, 0.1) is 22.7 Å². The summed E-state index contributed by atoms with van der Waals surface area (Å²) >= 11 is 16.5. The standard InChI is InChI=1S/C40H51ClN4O6S.C29H33ClN4O5S.C11H20O2/c1-9-12-13-14-15-18-39(6,7)37(47)45-22-26(19-30(45)35(46)44-40(21-25(40)10-2)38(48)50-11-3)51-32-20-28(36-43-29(23-52-36)24(4)5)42-34-27(32)16-17-31(49-8)33(34)41;1-6-16-12-29(16,28(36)38-7-2)34-26(35)19-10-17(13-31-19)39-23-11-20(27-33-21(14-40-27)15(3)4)32-25-18(23)8-9-22(37-5)24(25)30;1-4-5-6-7-8-9-11(2,3)10(12)13/h9-10,16-17,20,23-26,30H,1-2,11-15,18-19,21-22H2,3-8H3,(H,44,46);6,8-9,11,14-17,19,31H,1,7,10,12-13H2,2-5H3,(H,34,35);4H,1,5-9H2,2-3H3,(H,12,13)/t25-,26-,30+,40-;16-,17-,19+,29-;/m11./s1. The number of nitrogens with one attached hydrogen (secondary N) is 3. The highest BCUT2D eigenvalue weighted by Gasteiger charge is 2.63. The van der Waals surface area contributed by atoms with Crippen molar-refractivity contribution in [2.45, 2.75) is 206 Å². The van der Waals surface area contributed by atoms with Crippen LogP contribution in [0.2, 0.25) is 10.0 Å². The second-order valence-corrected chi connectivity index (χ2v) is 31.6. The Morgan fingerprint density at radius 3 is 1.51 bits per heavy atom. The maximum atomic E-state index is 14.4. The van der Waals surface area contributed by atoms with Gasteiger partial charge in [0, 0.05) is 70.3 Å². The lowest BCUT2D eigenvalue weighted by molar-refractivity contribution is -0.151. The van der Waals surface area contributed by atoms with E-state index in [0.717, 1.165) is 84.6 Å². The van der Waals surface area contributed by atoms with Crippen LogP contribution in [-0.2, 0) is 38.2 Å². The number of carbonyl (C=O) groups excluding carboxylic acids is 5. The predicted molar refractivity (Wildman–Crippen MR) is 416 cm³/mol. The lowest BCUT2D eigenvalue weighted by atomic mass is 9.85. The van der Waals surface area contributed by atoms with Gasteiger partial charge < -0.3 is 54.4 Å². The summed E-state index contributed by atoms with van der Waals surface area (Å²) in [5.41, 5.74) is 0.703. The molecule has 21 nitrogen and oxygen atoms in total. The Kier molecular flexibility index (Phi) is 28.8. The molecule has 4 fully saturated rings. The lowest BCUT2D eigenvalue weighted by Crippen LogP contribution is -2.55. The van der Waals surface area contributed by atoms with Crippen LogP contribution in [0.3, 0.4) is 0 Å². The van der Waals surface area contributed by atoms with Crippen LogP contribution in [0.1, 0.15) is 182 Å². The Bertz CT molecular complexity index is 4140. The first-order chi connectivity index (χ1) is 50.0. The van der Waals surface area contributed by atoms with Crippen LogP contribution in [0.15, 0.2) is 97.8 Å². The molecule has 4 N–H and O–H groups in total. The molecular weight excluding hydrogens is 1420 g/mol. The summed E-state index contributed by atoms with van der Waals surface area (Å²) in [6.07, 6.45) is 17.3. The van der Waals surface area contributed by atoms with E-state index in [0.29, 0.717) is 93.1 Å². The first-order valence-electron chi connectivity index (χ1n) is 36.3. The number of halogens is 2. The van der Waals surface area contributed by atoms with E-state index in [9.17, 15) is 28.8 Å². The number of nitrogens with zero attached hydrogens (tertiary/aromatic N) is 5. The molecule has 0 unspecified atom stereocenters. The molecule has 2 aromatic carbocycles. The molecule has 2 aliphatic carbocycles. The molecule has 8 atom stereocenters. The van der Waals surface area contributed by atoms with Crippen LogP contribution >= 0.6 is 45.9 Å². The zero-order valence-corrected chi connectivity index (χ0v) is 65.9. The molecule has 0 spiro atoms. The van der Waals surface area contributed by atoms with Gasteiger partial charge in [-0.15, -0.1) is 49.0 Å². The summed E-state index contributed by atoms with van der Waals surface area (Å²) in [6, 6.07) is 9.57. The topological polar surface area (TPSA) is 269 Å². The van der Waals surface area contributed by atoms with E-state index in [2.05, 4.69) is 70.0 Å². The Hall–Kier alpha value is -7.96. The minimum Gasteiger partial charge on any atom is -0.495 e. The number of carboxylic acid groups (broad SMARTS) is 1. The van der Waals surface area contributed by atoms with Gasteiger partial charge in [0.05, 0.1) is 67.9 Å². The number of ether oxygens (including phenoxy) is 6. The van der Waals surface area contributed by atoms with E-state index in [-0.39, 0.29) is 67.8 Å². The lowest BCUT2D eigenvalue weighted by Gasteiger charge is -2.33. The summed E-state index contributed by atoms with van der Waals surface area (Å²) in [6.45, 7) is 35.4. The molecule has 2 saturated heterocycles. The second kappa shape index (κ2) is 36.6. The van der Waals surface area contributed by atoms with Gasteiger partial charge in [0.2, 0.25) is 17.7 Å². The van der Waals surface area contributed by atoms with E-state index in [4.69, 9.17) is 76.7 Å². The van der Waals surface area contributed by atoms with Crippen molar-refractivity contribution >= 4 is 103 Å². The number of unbranched alkanes of at least 4 members (excludes halogenated alkanes) is 6. The van der Waals surface area contributed by atoms with Gasteiger partial charge in [-0.2, -0.15) is 0 Å². The van der Waals surface area contributed by atoms with Crippen molar-refractivity contribution in [3.8, 4) is 44.4 Å². The number of hydrogen-bond donors (Lipinski definition) is 4. The first kappa shape index (κ1) is 82.7. The summed E-state index contributed by atoms with van der Waals surface area (Å²) in [7, 11) is 3.11. The number of fused-ring (bicyclic) bond motifs is 2. The number of pyridine rings is 2. The van der Waals surface area contributed by atoms with Gasteiger partial charge >= 0.3 is 17.9 Å². The highest BCUT2D eigenvalue weighted by molar-refractivity contribution is 7.13. The van der Waals surface area contributed by atoms with Gasteiger partial charge in [-0.25, -0.2) is 29.5 Å². The normalized spacial score (nSPS) is 20.9. The molecule has 25 heteroatoms. The first-order valence-corrected chi connectivity index (χ1v) is 38.8. The summed E-state index contributed by atoms with van der Waals surface area (Å²) in [5, 5.41) is 25.6. The van der Waals surface area contributed by atoms with Crippen LogP contribution in [0.25, 0.3) is 43.2 Å². The van der Waals surface area contributed by atoms with Gasteiger partial charge in [0.1, 0.15) is 83.8 Å². The molecule has 4 aliphatic rings. The average molecular weight is 1520 g/mol. The molecular formula is C80H104Cl2N8O13S2. The third-order valence-corrected chi connectivity index (χ3v) is 22.3. The quantitative estimate of drug-likeness (QED) is 0.0166. The number of likely N-dealkylation sites (tertiary alicyclic amines) is 1. The van der Waals surface area contributed by atoms with Crippen LogP contribution in [0.5, 0.6) is 23.0 Å². The Balaban J connectivity index is 0.000000232. The number of rotatable bonds is 34. The summed E-state index contributed by atoms with van der Waals surface area (Å²) in [4.78, 5) is 99.1. The molecule has 105 heavy (non-hydrogen) atoms. The molecule has 6 heterocycles. The van der Waals surface area contributed by atoms with Gasteiger partial charge in [0.25, 0.3) is 0 Å². The third-order valence-electron chi connectivity index (χ3n) is 19.8. The number of aromatic nitrogens is 4. The number of esters is 2. The van der Waals surface area contributed by atoms with Gasteiger partial charge in [0.15, 0.2) is 0 Å². The third kappa shape index (κ3) is 19.8. The molecule has 2 saturated carbocycles. The summed E-state index contributed by atoms with van der Waals surface area (Å²) in [5.74, 6) is -0.232. The van der Waals surface area contributed by atoms with Crippen molar-refractivity contribution in [2.24, 2.45) is 22.7 Å². The maximum absolute atomic E-state index is 14.4. The number of carboxylic acids is 1. The fourth-order valence-electron chi connectivity index (χ4n) is 13.0. The van der Waals surface area contributed by atoms with Crippen LogP contribution in [-0.4, -0.2) is 141 Å². The second-order valence-electron chi connectivity index (χ2n) is 29.1. The number of benzene rings is 2. The molecule has 10 rings (SSSR count). The van der Waals surface area contributed by atoms with Crippen LogP contribution in [0.4, 0.5) is 0 Å². The molecule has 568 valence electrons. The fourth-order valence-corrected chi connectivity index (χ4v) is 15.4. The van der Waals surface area contributed by atoms with Crippen molar-refractivity contribution in [3.63, 3.8) is 0 Å². The van der Waals surface area contributed by atoms with Gasteiger partial charge in [-0.05, 0) is 115 Å². The van der Waals surface area contributed by atoms with Crippen molar-refractivity contribution in [1.29, 1.82) is 0 Å². The zero-order chi connectivity index (χ0) is 76.7. The predicted octanol–water partition coefficient (Wildman–Crippen LogP) is 16.4. The van der Waals surface area contributed by atoms with E-state index in [1.54, 1.807) is 71.1 Å². The van der Waals surface area contributed by atoms with E-state index < -0.39 is 63.9 Å².